The van der Waals surface area contributed by atoms with Gasteiger partial charge in [-0.1, -0.05) is 152 Å². The minimum absolute atomic E-state index is 0.814. The Morgan fingerprint density at radius 1 is 0.288 bits per heavy atom. The summed E-state index contributed by atoms with van der Waals surface area (Å²) < 4.78 is 13.5. The molecule has 2 nitrogen and oxygen atoms in total. The van der Waals surface area contributed by atoms with E-state index in [0.29, 0.717) is 0 Å². The van der Waals surface area contributed by atoms with Gasteiger partial charge in [-0.2, -0.15) is 0 Å². The molecule has 11 aromatic rings. The number of fused-ring (bicyclic) bond motifs is 8. The van der Waals surface area contributed by atoms with E-state index in [1.54, 1.807) is 0 Å². The molecule has 0 aliphatic heterocycles. The van der Waals surface area contributed by atoms with Crippen molar-refractivity contribution >= 4 is 65.2 Å². The largest absolute Gasteiger partial charge is 0.456 e. The number of hydrogen-bond acceptors (Lipinski definition) is 2. The van der Waals surface area contributed by atoms with Crippen LogP contribution in [0, 0.1) is 0 Å². The van der Waals surface area contributed by atoms with Gasteiger partial charge in [-0.25, -0.2) is 0 Å². The average molecular weight is 663 g/mol. The highest BCUT2D eigenvalue weighted by atomic mass is 16.3. The fourth-order valence-corrected chi connectivity index (χ4v) is 8.35. The molecule has 0 fully saturated rings. The molecule has 52 heavy (non-hydrogen) atoms. The molecule has 0 saturated carbocycles. The van der Waals surface area contributed by atoms with Crippen LogP contribution in [0.4, 0.5) is 0 Å². The van der Waals surface area contributed by atoms with Crippen molar-refractivity contribution in [3.8, 4) is 44.7 Å². The SMILES string of the molecule is c1ccc(-c2oc3c(ccc4oc5ccc(-c6c7ccccc7c(-c7ccc8ccccc8c7)c7ccccc67)cc5c43)c2-c2ccccc2)cc1. The summed E-state index contributed by atoms with van der Waals surface area (Å²) in [5.41, 5.74) is 10.6. The lowest BCUT2D eigenvalue weighted by molar-refractivity contribution is 0.634. The second kappa shape index (κ2) is 11.3. The fraction of sp³-hybridized carbons (Fsp3) is 0. The van der Waals surface area contributed by atoms with Gasteiger partial charge >= 0.3 is 0 Å². The fourth-order valence-electron chi connectivity index (χ4n) is 8.35. The Balaban J connectivity index is 1.20. The van der Waals surface area contributed by atoms with Crippen molar-refractivity contribution in [2.24, 2.45) is 0 Å². The standard InChI is InChI=1S/C50H30O2/c1-3-14-32(15-4-1)47-41-26-28-44-48(50(41)52-49(47)33-16-5-2-6-17-33)42-30-36(25-27-43(42)51-44)46-39-21-11-9-19-37(39)45(38-20-10-12-22-40(38)46)35-24-23-31-13-7-8-18-34(31)29-35/h1-30H. The summed E-state index contributed by atoms with van der Waals surface area (Å²) in [6.45, 7) is 0. The van der Waals surface area contributed by atoms with Crippen LogP contribution < -0.4 is 0 Å². The zero-order chi connectivity index (χ0) is 34.2. The van der Waals surface area contributed by atoms with Crippen LogP contribution in [-0.2, 0) is 0 Å². The van der Waals surface area contributed by atoms with E-state index < -0.39 is 0 Å². The van der Waals surface area contributed by atoms with Gasteiger partial charge in [-0.15, -0.1) is 0 Å². The second-order valence-electron chi connectivity index (χ2n) is 13.6. The summed E-state index contributed by atoms with van der Waals surface area (Å²) in [5.74, 6) is 0.862. The van der Waals surface area contributed by atoms with Crippen LogP contribution in [0.3, 0.4) is 0 Å². The van der Waals surface area contributed by atoms with Crippen LogP contribution >= 0.6 is 0 Å². The van der Waals surface area contributed by atoms with E-state index in [1.165, 1.54) is 49.0 Å². The van der Waals surface area contributed by atoms with Crippen molar-refractivity contribution in [1.82, 2.24) is 0 Å². The first-order valence-corrected chi connectivity index (χ1v) is 17.8. The summed E-state index contributed by atoms with van der Waals surface area (Å²) in [5, 5.41) is 10.5. The molecule has 9 aromatic carbocycles. The Morgan fingerprint density at radius 3 is 1.50 bits per heavy atom. The molecule has 0 N–H and O–H groups in total. The molecule has 0 bridgehead atoms. The van der Waals surface area contributed by atoms with E-state index in [4.69, 9.17) is 8.83 Å². The lowest BCUT2D eigenvalue weighted by Gasteiger charge is -2.18. The highest BCUT2D eigenvalue weighted by Crippen LogP contribution is 2.48. The summed E-state index contributed by atoms with van der Waals surface area (Å²) in [7, 11) is 0. The Kier molecular flexibility index (Phi) is 6.28. The molecule has 0 atom stereocenters. The Morgan fingerprint density at radius 2 is 0.827 bits per heavy atom. The number of hydrogen-bond donors (Lipinski definition) is 0. The molecule has 0 unspecified atom stereocenters. The van der Waals surface area contributed by atoms with E-state index in [1.807, 2.05) is 6.07 Å². The normalized spacial score (nSPS) is 11.8. The van der Waals surface area contributed by atoms with E-state index in [0.717, 1.165) is 60.9 Å². The third-order valence-electron chi connectivity index (χ3n) is 10.6. The summed E-state index contributed by atoms with van der Waals surface area (Å²) in [6.07, 6.45) is 0. The topological polar surface area (TPSA) is 26.3 Å². The summed E-state index contributed by atoms with van der Waals surface area (Å²) in [4.78, 5) is 0. The molecule has 0 radical (unpaired) electrons. The Bertz CT molecular complexity index is 3110. The van der Waals surface area contributed by atoms with Gasteiger partial charge in [-0.05, 0) is 90.5 Å². The van der Waals surface area contributed by atoms with Gasteiger partial charge in [-0.3, -0.25) is 0 Å². The van der Waals surface area contributed by atoms with Gasteiger partial charge in [0.2, 0.25) is 0 Å². The zero-order valence-electron chi connectivity index (χ0n) is 28.1. The third-order valence-corrected chi connectivity index (χ3v) is 10.6. The molecular formula is C50H30O2. The molecule has 0 amide bonds. The molecule has 11 rings (SSSR count). The number of rotatable bonds is 4. The van der Waals surface area contributed by atoms with Crippen molar-refractivity contribution in [3.63, 3.8) is 0 Å². The number of benzene rings is 9. The Labute approximate surface area is 299 Å². The maximum Gasteiger partial charge on any atom is 0.147 e. The molecule has 0 aliphatic carbocycles. The van der Waals surface area contributed by atoms with Crippen LogP contribution in [-0.4, -0.2) is 0 Å². The monoisotopic (exact) mass is 662 g/mol. The molecule has 0 spiro atoms. The Hall–Kier alpha value is -6.90. The van der Waals surface area contributed by atoms with E-state index in [2.05, 4.69) is 176 Å². The van der Waals surface area contributed by atoms with E-state index in [9.17, 15) is 0 Å². The quantitative estimate of drug-likeness (QED) is 0.175. The maximum absolute atomic E-state index is 6.94. The summed E-state index contributed by atoms with van der Waals surface area (Å²) >= 11 is 0. The van der Waals surface area contributed by atoms with E-state index in [-0.39, 0.29) is 0 Å². The van der Waals surface area contributed by atoms with Crippen molar-refractivity contribution in [2.45, 2.75) is 0 Å². The first kappa shape index (κ1) is 28.9. The van der Waals surface area contributed by atoms with Gasteiger partial charge in [0.25, 0.3) is 0 Å². The first-order chi connectivity index (χ1) is 25.8. The van der Waals surface area contributed by atoms with Gasteiger partial charge < -0.3 is 8.83 Å². The van der Waals surface area contributed by atoms with Crippen molar-refractivity contribution in [1.29, 1.82) is 0 Å². The predicted octanol–water partition coefficient (Wildman–Crippen LogP) is 14.5. The lowest BCUT2D eigenvalue weighted by Crippen LogP contribution is -1.91. The molecule has 0 saturated heterocycles. The molecule has 0 aliphatic rings. The van der Waals surface area contributed by atoms with Gasteiger partial charge in [0.05, 0.1) is 5.39 Å². The first-order valence-electron chi connectivity index (χ1n) is 17.8. The molecule has 2 heteroatoms. The minimum atomic E-state index is 0.814. The smallest absolute Gasteiger partial charge is 0.147 e. The molecule has 242 valence electrons. The maximum atomic E-state index is 6.94. The average Bonchev–Trinajstić information content (AvgIpc) is 3.79. The van der Waals surface area contributed by atoms with E-state index >= 15 is 0 Å². The zero-order valence-corrected chi connectivity index (χ0v) is 28.1. The number of furan rings is 2. The van der Waals surface area contributed by atoms with Gasteiger partial charge in [0, 0.05) is 21.9 Å². The molecule has 2 heterocycles. The molecular weight excluding hydrogens is 633 g/mol. The van der Waals surface area contributed by atoms with Crippen LogP contribution in [0.25, 0.3) is 110 Å². The summed E-state index contributed by atoms with van der Waals surface area (Å²) in [6, 6.07) is 64.9. The van der Waals surface area contributed by atoms with Crippen LogP contribution in [0.15, 0.2) is 191 Å². The van der Waals surface area contributed by atoms with Crippen LogP contribution in [0.5, 0.6) is 0 Å². The van der Waals surface area contributed by atoms with Crippen molar-refractivity contribution in [3.05, 3.63) is 182 Å². The predicted molar refractivity (Wildman–Crippen MR) is 218 cm³/mol. The second-order valence-corrected chi connectivity index (χ2v) is 13.6. The van der Waals surface area contributed by atoms with Crippen LogP contribution in [0.2, 0.25) is 0 Å². The van der Waals surface area contributed by atoms with Crippen molar-refractivity contribution in [2.75, 3.05) is 0 Å². The van der Waals surface area contributed by atoms with Crippen molar-refractivity contribution < 1.29 is 8.83 Å². The van der Waals surface area contributed by atoms with Crippen LogP contribution in [0.1, 0.15) is 0 Å². The lowest BCUT2D eigenvalue weighted by atomic mass is 9.85. The highest BCUT2D eigenvalue weighted by Gasteiger charge is 2.23. The third kappa shape index (κ3) is 4.31. The molecule has 2 aromatic heterocycles. The van der Waals surface area contributed by atoms with Gasteiger partial charge in [0.1, 0.15) is 22.5 Å². The van der Waals surface area contributed by atoms with Gasteiger partial charge in [0.15, 0.2) is 0 Å². The highest BCUT2D eigenvalue weighted by molar-refractivity contribution is 6.24. The minimum Gasteiger partial charge on any atom is -0.456 e.